The van der Waals surface area contributed by atoms with Gasteiger partial charge in [0.05, 0.1) is 6.54 Å². The number of rotatable bonds is 4. The quantitative estimate of drug-likeness (QED) is 0.844. The lowest BCUT2D eigenvalue weighted by molar-refractivity contribution is -0.126. The molecular weight excluding hydrogens is 252 g/mol. The first kappa shape index (κ1) is 13.7. The van der Waals surface area contributed by atoms with Crippen LogP contribution in [-0.2, 0) is 17.9 Å². The molecule has 1 aliphatic carbocycles. The minimum absolute atomic E-state index is 0.268. The van der Waals surface area contributed by atoms with E-state index in [1.807, 2.05) is 4.68 Å². The van der Waals surface area contributed by atoms with Gasteiger partial charge in [-0.3, -0.25) is 9.69 Å². The number of carbonyl (C=O) groups is 1. The molecule has 2 fully saturated rings. The van der Waals surface area contributed by atoms with E-state index < -0.39 is 0 Å². The number of likely N-dealkylation sites (tertiary alicyclic amines) is 1. The molecule has 110 valence electrons. The molecule has 0 N–H and O–H groups in total. The number of hydrogen-bond donors (Lipinski definition) is 0. The lowest BCUT2D eigenvalue weighted by Crippen LogP contribution is -2.40. The molecule has 5 nitrogen and oxygen atoms in total. The molecule has 2 atom stereocenters. The second-order valence-corrected chi connectivity index (χ2v) is 5.99. The summed E-state index contributed by atoms with van der Waals surface area (Å²) in [5.74, 6) is 1.79. The number of aryl methyl sites for hydroxylation is 1. The van der Waals surface area contributed by atoms with Crippen LogP contribution in [0.1, 0.15) is 51.3 Å². The van der Waals surface area contributed by atoms with Crippen LogP contribution in [0, 0.1) is 5.92 Å². The van der Waals surface area contributed by atoms with Crippen LogP contribution in [0.5, 0.6) is 0 Å². The highest BCUT2D eigenvalue weighted by atomic mass is 16.1. The van der Waals surface area contributed by atoms with Crippen molar-refractivity contribution >= 4 is 5.78 Å². The van der Waals surface area contributed by atoms with E-state index in [1.54, 1.807) is 6.33 Å². The summed E-state index contributed by atoms with van der Waals surface area (Å²) in [6, 6.07) is 0.435. The Morgan fingerprint density at radius 3 is 3.00 bits per heavy atom. The van der Waals surface area contributed by atoms with Crippen molar-refractivity contribution in [2.75, 3.05) is 6.54 Å². The number of carbonyl (C=O) groups excluding carboxylic acids is 1. The largest absolute Gasteiger partial charge is 0.299 e. The maximum atomic E-state index is 12.2. The Morgan fingerprint density at radius 1 is 1.30 bits per heavy atom. The summed E-state index contributed by atoms with van der Waals surface area (Å²) < 4.78 is 1.96. The Kier molecular flexibility index (Phi) is 4.15. The Morgan fingerprint density at radius 2 is 2.20 bits per heavy atom. The molecule has 0 aromatic carbocycles. The summed E-state index contributed by atoms with van der Waals surface area (Å²) >= 11 is 0. The summed E-state index contributed by atoms with van der Waals surface area (Å²) in [6.07, 6.45) is 8.18. The lowest BCUT2D eigenvalue weighted by atomic mass is 9.82. The Balaban J connectivity index is 1.70. The van der Waals surface area contributed by atoms with E-state index in [0.717, 1.165) is 51.1 Å². The highest BCUT2D eigenvalue weighted by Gasteiger charge is 2.37. The molecule has 20 heavy (non-hydrogen) atoms. The molecule has 3 rings (SSSR count). The van der Waals surface area contributed by atoms with E-state index in [2.05, 4.69) is 21.9 Å². The zero-order chi connectivity index (χ0) is 13.9. The molecule has 2 aliphatic rings. The average Bonchev–Trinajstić information content (AvgIpc) is 3.09. The summed E-state index contributed by atoms with van der Waals surface area (Å²) in [4.78, 5) is 19.0. The molecule has 1 aromatic rings. The lowest BCUT2D eigenvalue weighted by Gasteiger charge is -2.32. The molecule has 0 bridgehead atoms. The average molecular weight is 276 g/mol. The number of Topliss-reactive ketones (excluding diaryl/α,β-unsaturated/α-hetero) is 1. The van der Waals surface area contributed by atoms with E-state index in [-0.39, 0.29) is 5.92 Å². The highest BCUT2D eigenvalue weighted by Crippen LogP contribution is 2.32. The fraction of sp³-hybridized carbons (Fsp3) is 0.800. The van der Waals surface area contributed by atoms with Gasteiger partial charge >= 0.3 is 0 Å². The first-order chi connectivity index (χ1) is 9.79. The Labute approximate surface area is 120 Å². The Bertz CT molecular complexity index is 470. The van der Waals surface area contributed by atoms with Gasteiger partial charge in [-0.15, -0.1) is 0 Å². The third-order valence-corrected chi connectivity index (χ3v) is 4.82. The maximum Gasteiger partial charge on any atom is 0.141 e. The number of nitrogens with zero attached hydrogens (tertiary/aromatic N) is 4. The molecular formula is C15H24N4O. The second-order valence-electron chi connectivity index (χ2n) is 5.99. The van der Waals surface area contributed by atoms with E-state index in [1.165, 1.54) is 12.8 Å². The van der Waals surface area contributed by atoms with Gasteiger partial charge in [-0.2, -0.15) is 5.10 Å². The van der Waals surface area contributed by atoms with Crippen molar-refractivity contribution < 1.29 is 4.79 Å². The van der Waals surface area contributed by atoms with E-state index >= 15 is 0 Å². The minimum atomic E-state index is 0.268. The van der Waals surface area contributed by atoms with Gasteiger partial charge in [0.1, 0.15) is 17.9 Å². The summed E-state index contributed by atoms with van der Waals surface area (Å²) in [7, 11) is 0. The molecule has 1 saturated heterocycles. The van der Waals surface area contributed by atoms with Crippen molar-refractivity contribution in [3.63, 3.8) is 0 Å². The van der Waals surface area contributed by atoms with Crippen molar-refractivity contribution in [2.45, 2.75) is 64.6 Å². The van der Waals surface area contributed by atoms with Crippen molar-refractivity contribution in [1.82, 2.24) is 19.7 Å². The highest BCUT2D eigenvalue weighted by molar-refractivity contribution is 5.82. The predicted molar refractivity (Wildman–Crippen MR) is 76.1 cm³/mol. The van der Waals surface area contributed by atoms with Gasteiger partial charge in [0.2, 0.25) is 0 Å². The first-order valence-electron chi connectivity index (χ1n) is 7.93. The molecule has 0 radical (unpaired) electrons. The summed E-state index contributed by atoms with van der Waals surface area (Å²) in [5, 5.41) is 4.24. The van der Waals surface area contributed by atoms with Crippen LogP contribution in [0.25, 0.3) is 0 Å². The monoisotopic (exact) mass is 276 g/mol. The molecule has 1 aromatic heterocycles. The normalized spacial score (nSPS) is 28.1. The molecule has 1 aliphatic heterocycles. The van der Waals surface area contributed by atoms with Gasteiger partial charge in [-0.25, -0.2) is 9.67 Å². The van der Waals surface area contributed by atoms with E-state index in [0.29, 0.717) is 11.8 Å². The molecule has 1 saturated carbocycles. The topological polar surface area (TPSA) is 51.0 Å². The van der Waals surface area contributed by atoms with Crippen LogP contribution >= 0.6 is 0 Å². The Hall–Kier alpha value is -1.23. The number of ketones is 1. The van der Waals surface area contributed by atoms with Gasteiger partial charge in [0.15, 0.2) is 0 Å². The standard InChI is InChI=1S/C15H24N4O/c1-2-19-15(16-11-17-19)10-18-9-5-7-13(18)12-6-3-4-8-14(12)20/h11-13H,2-10H2,1H3. The molecule has 2 unspecified atom stereocenters. The van der Waals surface area contributed by atoms with Crippen molar-refractivity contribution in [2.24, 2.45) is 5.92 Å². The first-order valence-corrected chi connectivity index (χ1v) is 7.93. The van der Waals surface area contributed by atoms with Gasteiger partial charge in [-0.05, 0) is 39.2 Å². The third kappa shape index (κ3) is 2.64. The molecule has 2 heterocycles. The smallest absolute Gasteiger partial charge is 0.141 e. The zero-order valence-electron chi connectivity index (χ0n) is 12.3. The van der Waals surface area contributed by atoms with Crippen LogP contribution in [0.2, 0.25) is 0 Å². The van der Waals surface area contributed by atoms with Crippen LogP contribution < -0.4 is 0 Å². The van der Waals surface area contributed by atoms with Crippen molar-refractivity contribution in [3.05, 3.63) is 12.2 Å². The van der Waals surface area contributed by atoms with Crippen LogP contribution in [0.15, 0.2) is 6.33 Å². The summed E-state index contributed by atoms with van der Waals surface area (Å²) in [5.41, 5.74) is 0. The molecule has 0 spiro atoms. The molecule has 5 heteroatoms. The summed E-state index contributed by atoms with van der Waals surface area (Å²) in [6.45, 7) is 4.87. The van der Waals surface area contributed by atoms with E-state index in [9.17, 15) is 4.79 Å². The second kappa shape index (κ2) is 6.04. The molecule has 0 amide bonds. The van der Waals surface area contributed by atoms with Crippen molar-refractivity contribution in [3.8, 4) is 0 Å². The van der Waals surface area contributed by atoms with Crippen LogP contribution in [-0.4, -0.2) is 38.0 Å². The SMILES string of the molecule is CCn1ncnc1CN1CCCC1C1CCCCC1=O. The fourth-order valence-electron chi connectivity index (χ4n) is 3.78. The van der Waals surface area contributed by atoms with Gasteiger partial charge < -0.3 is 0 Å². The number of hydrogen-bond acceptors (Lipinski definition) is 4. The fourth-order valence-corrected chi connectivity index (χ4v) is 3.78. The van der Waals surface area contributed by atoms with Crippen LogP contribution in [0.3, 0.4) is 0 Å². The van der Waals surface area contributed by atoms with E-state index in [4.69, 9.17) is 0 Å². The number of aromatic nitrogens is 3. The third-order valence-electron chi connectivity index (χ3n) is 4.82. The van der Waals surface area contributed by atoms with Crippen molar-refractivity contribution in [1.29, 1.82) is 0 Å². The minimum Gasteiger partial charge on any atom is -0.299 e. The predicted octanol–water partition coefficient (Wildman–Crippen LogP) is 2.02. The zero-order valence-corrected chi connectivity index (χ0v) is 12.3. The van der Waals surface area contributed by atoms with Crippen LogP contribution in [0.4, 0.5) is 0 Å². The van der Waals surface area contributed by atoms with Gasteiger partial charge in [0, 0.05) is 24.9 Å². The van der Waals surface area contributed by atoms with Gasteiger partial charge in [-0.1, -0.05) is 6.42 Å². The van der Waals surface area contributed by atoms with Gasteiger partial charge in [0.25, 0.3) is 0 Å². The maximum absolute atomic E-state index is 12.2.